The minimum absolute atomic E-state index is 0.859. The Morgan fingerprint density at radius 1 is 0.266 bits per heavy atom. The monoisotopic (exact) mass is 815 g/mol. The van der Waals surface area contributed by atoms with E-state index >= 15 is 0 Å². The number of fused-ring (bicyclic) bond motifs is 6. The lowest BCUT2D eigenvalue weighted by molar-refractivity contribution is 0.669. The molecule has 12 rings (SSSR count). The molecular weight excluding hydrogens is 775 g/mol. The van der Waals surface area contributed by atoms with Crippen LogP contribution in [0, 0.1) is 0 Å². The maximum Gasteiger partial charge on any atom is 0.137 e. The molecule has 2 heteroatoms. The van der Waals surface area contributed by atoms with Crippen LogP contribution in [0.25, 0.3) is 99.1 Å². The van der Waals surface area contributed by atoms with Crippen molar-refractivity contribution in [1.82, 2.24) is 0 Å². The topological polar surface area (TPSA) is 16.4 Å². The number of para-hydroxylation sites is 1. The summed E-state index contributed by atoms with van der Waals surface area (Å²) in [5.74, 6) is 0. The summed E-state index contributed by atoms with van der Waals surface area (Å²) in [7, 11) is 0. The Morgan fingerprint density at radius 3 is 1.44 bits per heavy atom. The lowest BCUT2D eigenvalue weighted by Crippen LogP contribution is -2.10. The Bertz CT molecular complexity index is 3630. The van der Waals surface area contributed by atoms with E-state index in [4.69, 9.17) is 4.42 Å². The van der Waals surface area contributed by atoms with E-state index in [1.807, 2.05) is 6.07 Å². The highest BCUT2D eigenvalue weighted by atomic mass is 16.3. The molecule has 0 saturated carbocycles. The first-order chi connectivity index (χ1) is 31.8. The van der Waals surface area contributed by atoms with Crippen molar-refractivity contribution >= 4 is 60.5 Å². The summed E-state index contributed by atoms with van der Waals surface area (Å²) in [5.41, 5.74) is 16.8. The van der Waals surface area contributed by atoms with E-state index in [-0.39, 0.29) is 0 Å². The van der Waals surface area contributed by atoms with Gasteiger partial charge >= 0.3 is 0 Å². The van der Waals surface area contributed by atoms with Crippen molar-refractivity contribution in [3.8, 4) is 55.6 Å². The highest BCUT2D eigenvalue weighted by Crippen LogP contribution is 2.48. The zero-order chi connectivity index (χ0) is 42.4. The summed E-state index contributed by atoms with van der Waals surface area (Å²) < 4.78 is 6.48. The molecule has 0 amide bonds. The van der Waals surface area contributed by atoms with Crippen molar-refractivity contribution in [3.05, 3.63) is 249 Å². The summed E-state index contributed by atoms with van der Waals surface area (Å²) in [5, 5.41) is 7.16. The number of anilines is 3. The summed E-state index contributed by atoms with van der Waals surface area (Å²) in [6, 6.07) is 89.6. The van der Waals surface area contributed by atoms with Gasteiger partial charge in [0.1, 0.15) is 11.2 Å². The van der Waals surface area contributed by atoms with Gasteiger partial charge in [-0.15, -0.1) is 0 Å². The third-order valence-electron chi connectivity index (χ3n) is 12.7. The van der Waals surface area contributed by atoms with Crippen LogP contribution in [0.15, 0.2) is 253 Å². The summed E-state index contributed by atoms with van der Waals surface area (Å²) in [6.45, 7) is 0. The molecule has 12 aromatic rings. The Morgan fingerprint density at radius 2 is 0.766 bits per heavy atom. The van der Waals surface area contributed by atoms with E-state index in [0.717, 1.165) is 44.6 Å². The molecule has 0 radical (unpaired) electrons. The second kappa shape index (κ2) is 15.8. The fourth-order valence-electron chi connectivity index (χ4n) is 9.75. The van der Waals surface area contributed by atoms with Crippen molar-refractivity contribution in [2.75, 3.05) is 4.90 Å². The average molecular weight is 816 g/mol. The fourth-order valence-corrected chi connectivity index (χ4v) is 9.75. The fraction of sp³-hybridized carbons (Fsp3) is 0. The molecule has 0 aliphatic heterocycles. The molecule has 0 unspecified atom stereocenters. The molecule has 0 aliphatic carbocycles. The van der Waals surface area contributed by atoms with E-state index in [1.165, 1.54) is 71.6 Å². The average Bonchev–Trinajstić information content (AvgIpc) is 3.77. The number of benzene rings is 11. The smallest absolute Gasteiger partial charge is 0.137 e. The number of hydrogen-bond acceptors (Lipinski definition) is 2. The third kappa shape index (κ3) is 6.44. The normalized spacial score (nSPS) is 11.4. The molecule has 1 heterocycles. The maximum absolute atomic E-state index is 6.48. The van der Waals surface area contributed by atoms with Crippen LogP contribution in [0.1, 0.15) is 0 Å². The van der Waals surface area contributed by atoms with Gasteiger partial charge in [0.2, 0.25) is 0 Å². The number of nitrogens with zero attached hydrogens (tertiary/aromatic N) is 1. The van der Waals surface area contributed by atoms with Crippen molar-refractivity contribution in [1.29, 1.82) is 0 Å². The largest absolute Gasteiger partial charge is 0.456 e. The minimum Gasteiger partial charge on any atom is -0.456 e. The quantitative estimate of drug-likeness (QED) is 0.142. The van der Waals surface area contributed by atoms with E-state index in [1.54, 1.807) is 0 Å². The van der Waals surface area contributed by atoms with E-state index < -0.39 is 0 Å². The molecule has 0 saturated heterocycles. The SMILES string of the molecule is c1ccc(-c2ccc(N(c3ccc(-c4ccc5c(c4)c(-c4ccccc4)c(-c4ccccc4)c4ccccc45)cc3)c3cccc4oc5ccccc5c34)cc2-c2ccccc2)cc1. The van der Waals surface area contributed by atoms with Crippen molar-refractivity contribution in [2.24, 2.45) is 0 Å². The van der Waals surface area contributed by atoms with Crippen LogP contribution in [-0.2, 0) is 0 Å². The molecule has 0 fully saturated rings. The van der Waals surface area contributed by atoms with Gasteiger partial charge in [0, 0.05) is 16.8 Å². The number of furan rings is 1. The van der Waals surface area contributed by atoms with Gasteiger partial charge in [0.25, 0.3) is 0 Å². The summed E-state index contributed by atoms with van der Waals surface area (Å²) >= 11 is 0. The maximum atomic E-state index is 6.48. The Hall–Kier alpha value is -8.46. The van der Waals surface area contributed by atoms with Gasteiger partial charge in [0.15, 0.2) is 0 Å². The summed E-state index contributed by atoms with van der Waals surface area (Å²) in [6.07, 6.45) is 0. The number of hydrogen-bond donors (Lipinski definition) is 0. The Balaban J connectivity index is 1.05. The Kier molecular flexibility index (Phi) is 9.20. The standard InChI is InChI=1S/C62H41NO/c1-5-18-43(19-6-1)50-39-37-49(41-55(50)44-20-7-2-8-21-44)63(57-29-17-31-59-62(57)54-28-15-16-30-58(54)64-59)48-35-32-42(33-36-48)47-34-38-52-51-26-13-14-27-53(51)60(45-22-9-3-10-23-45)61(56(52)40-47)46-24-11-4-12-25-46/h1-41H. The first-order valence-electron chi connectivity index (χ1n) is 21.9. The minimum atomic E-state index is 0.859. The second-order valence-corrected chi connectivity index (χ2v) is 16.4. The van der Waals surface area contributed by atoms with Crippen molar-refractivity contribution in [3.63, 3.8) is 0 Å². The molecule has 0 atom stereocenters. The number of rotatable bonds is 8. The van der Waals surface area contributed by atoms with Crippen LogP contribution in [0.4, 0.5) is 17.1 Å². The van der Waals surface area contributed by atoms with Crippen LogP contribution in [-0.4, -0.2) is 0 Å². The molecular formula is C62H41NO. The van der Waals surface area contributed by atoms with Crippen LogP contribution in [0.3, 0.4) is 0 Å². The predicted molar refractivity (Wildman–Crippen MR) is 271 cm³/mol. The summed E-state index contributed by atoms with van der Waals surface area (Å²) in [4.78, 5) is 2.39. The van der Waals surface area contributed by atoms with Crippen LogP contribution < -0.4 is 4.90 Å². The van der Waals surface area contributed by atoms with Gasteiger partial charge in [-0.25, -0.2) is 0 Å². The lowest BCUT2D eigenvalue weighted by atomic mass is 9.84. The van der Waals surface area contributed by atoms with Crippen LogP contribution >= 0.6 is 0 Å². The molecule has 0 aliphatic rings. The third-order valence-corrected chi connectivity index (χ3v) is 12.7. The van der Waals surface area contributed by atoms with Crippen molar-refractivity contribution in [2.45, 2.75) is 0 Å². The first kappa shape index (κ1) is 37.3. The van der Waals surface area contributed by atoms with Gasteiger partial charge in [-0.05, 0) is 126 Å². The molecule has 300 valence electrons. The van der Waals surface area contributed by atoms with E-state index in [0.29, 0.717) is 0 Å². The van der Waals surface area contributed by atoms with Crippen LogP contribution in [0.5, 0.6) is 0 Å². The molecule has 0 N–H and O–H groups in total. The molecule has 2 nitrogen and oxygen atoms in total. The van der Waals surface area contributed by atoms with Gasteiger partial charge in [-0.2, -0.15) is 0 Å². The highest BCUT2D eigenvalue weighted by Gasteiger charge is 2.22. The van der Waals surface area contributed by atoms with Crippen molar-refractivity contribution < 1.29 is 4.42 Å². The van der Waals surface area contributed by atoms with Crippen LogP contribution in [0.2, 0.25) is 0 Å². The zero-order valence-electron chi connectivity index (χ0n) is 35.0. The first-order valence-corrected chi connectivity index (χ1v) is 21.9. The molecule has 0 spiro atoms. The second-order valence-electron chi connectivity index (χ2n) is 16.4. The van der Waals surface area contributed by atoms with Gasteiger partial charge in [-0.1, -0.05) is 200 Å². The van der Waals surface area contributed by atoms with Gasteiger partial charge < -0.3 is 9.32 Å². The molecule has 64 heavy (non-hydrogen) atoms. The zero-order valence-corrected chi connectivity index (χ0v) is 35.0. The van der Waals surface area contributed by atoms with E-state index in [2.05, 4.69) is 248 Å². The molecule has 0 bridgehead atoms. The van der Waals surface area contributed by atoms with Gasteiger partial charge in [-0.3, -0.25) is 0 Å². The Labute approximate surface area is 372 Å². The van der Waals surface area contributed by atoms with Gasteiger partial charge in [0.05, 0.1) is 11.1 Å². The highest BCUT2D eigenvalue weighted by molar-refractivity contribution is 6.22. The lowest BCUT2D eigenvalue weighted by Gasteiger charge is -2.27. The molecule has 1 aromatic heterocycles. The van der Waals surface area contributed by atoms with E-state index in [9.17, 15) is 0 Å². The predicted octanol–water partition coefficient (Wildman–Crippen LogP) is 17.7. The molecule has 11 aromatic carbocycles.